The number of fused-ring (bicyclic) bond motifs is 1. The largest absolute Gasteiger partial charge is 0.369 e. The van der Waals surface area contributed by atoms with E-state index in [0.717, 1.165) is 19.4 Å². The Morgan fingerprint density at radius 1 is 1.48 bits per heavy atom. The molecular formula is C12H19N6O4P. The third kappa shape index (κ3) is 3.61. The third-order valence-electron chi connectivity index (χ3n) is 4.08. The Morgan fingerprint density at radius 2 is 2.26 bits per heavy atom. The van der Waals surface area contributed by atoms with Crippen molar-refractivity contribution in [2.24, 2.45) is 0 Å². The van der Waals surface area contributed by atoms with Crippen LogP contribution in [0.15, 0.2) is 11.1 Å². The molecule has 0 aromatic carbocycles. The molecule has 0 unspecified atom stereocenters. The minimum atomic E-state index is -4.00. The van der Waals surface area contributed by atoms with Gasteiger partial charge in [0.25, 0.3) is 5.56 Å². The fourth-order valence-corrected chi connectivity index (χ4v) is 3.50. The van der Waals surface area contributed by atoms with Crippen LogP contribution in [-0.2, 0) is 11.1 Å². The quantitative estimate of drug-likeness (QED) is 0.523. The average molecular weight is 342 g/mol. The number of H-pyrrole nitrogens is 1. The molecule has 3 heterocycles. The lowest BCUT2D eigenvalue weighted by Gasteiger charge is -2.24. The molecule has 1 aliphatic rings. The maximum Gasteiger partial charge on any atom is 0.326 e. The van der Waals surface area contributed by atoms with Gasteiger partial charge in [-0.3, -0.25) is 19.2 Å². The SMILES string of the molecule is Nc1nc2c(ncn2C[C@@H]2CCCN2CCP(=O)(O)O)c(=O)[nH]1. The van der Waals surface area contributed by atoms with Crippen LogP contribution >= 0.6 is 7.60 Å². The molecule has 1 fully saturated rings. The molecule has 0 saturated carbocycles. The van der Waals surface area contributed by atoms with Crippen LogP contribution in [-0.4, -0.2) is 59.5 Å². The van der Waals surface area contributed by atoms with Crippen LogP contribution in [0.4, 0.5) is 5.95 Å². The normalized spacial score (nSPS) is 19.7. The van der Waals surface area contributed by atoms with Crippen LogP contribution in [0.5, 0.6) is 0 Å². The van der Waals surface area contributed by atoms with E-state index in [0.29, 0.717) is 18.7 Å². The van der Waals surface area contributed by atoms with Gasteiger partial charge < -0.3 is 20.1 Å². The van der Waals surface area contributed by atoms with E-state index in [1.54, 1.807) is 10.9 Å². The lowest BCUT2D eigenvalue weighted by Crippen LogP contribution is -2.35. The lowest BCUT2D eigenvalue weighted by atomic mass is 10.2. The minimum absolute atomic E-state index is 0.0361. The highest BCUT2D eigenvalue weighted by molar-refractivity contribution is 7.51. The Bertz CT molecular complexity index is 811. The number of nitrogens with two attached hydrogens (primary N) is 1. The summed E-state index contributed by atoms with van der Waals surface area (Å²) in [5, 5.41) is 0. The topological polar surface area (TPSA) is 150 Å². The molecule has 2 aromatic rings. The smallest absolute Gasteiger partial charge is 0.326 e. The zero-order chi connectivity index (χ0) is 16.6. The van der Waals surface area contributed by atoms with E-state index < -0.39 is 7.60 Å². The predicted molar refractivity (Wildman–Crippen MR) is 84.1 cm³/mol. The third-order valence-corrected chi connectivity index (χ3v) is 4.86. The van der Waals surface area contributed by atoms with Crippen molar-refractivity contribution < 1.29 is 14.4 Å². The van der Waals surface area contributed by atoms with Crippen LogP contribution in [0.3, 0.4) is 0 Å². The van der Waals surface area contributed by atoms with Gasteiger partial charge in [-0.15, -0.1) is 0 Å². The highest BCUT2D eigenvalue weighted by Gasteiger charge is 2.27. The van der Waals surface area contributed by atoms with E-state index in [4.69, 9.17) is 15.5 Å². The number of anilines is 1. The molecule has 1 saturated heterocycles. The summed E-state index contributed by atoms with van der Waals surface area (Å²) in [4.78, 5) is 42.5. The molecule has 5 N–H and O–H groups in total. The van der Waals surface area contributed by atoms with Crippen LogP contribution in [0.2, 0.25) is 0 Å². The first-order valence-electron chi connectivity index (χ1n) is 7.33. The molecule has 0 bridgehead atoms. The van der Waals surface area contributed by atoms with Gasteiger partial charge in [0.15, 0.2) is 11.2 Å². The zero-order valence-corrected chi connectivity index (χ0v) is 13.3. The summed E-state index contributed by atoms with van der Waals surface area (Å²) in [6.07, 6.45) is 3.28. The van der Waals surface area contributed by atoms with Crippen molar-refractivity contribution in [2.45, 2.75) is 25.4 Å². The van der Waals surface area contributed by atoms with E-state index in [1.807, 2.05) is 0 Å². The second-order valence-corrected chi connectivity index (χ2v) is 7.52. The van der Waals surface area contributed by atoms with Gasteiger partial charge in [-0.25, -0.2) is 4.98 Å². The molecule has 0 spiro atoms. The fourth-order valence-electron chi connectivity index (χ4n) is 2.99. The van der Waals surface area contributed by atoms with Gasteiger partial charge in [0.1, 0.15) is 0 Å². The minimum Gasteiger partial charge on any atom is -0.369 e. The second kappa shape index (κ2) is 6.04. The maximum atomic E-state index is 11.8. The lowest BCUT2D eigenvalue weighted by molar-refractivity contribution is 0.241. The van der Waals surface area contributed by atoms with Crippen LogP contribution in [0, 0.1) is 0 Å². The van der Waals surface area contributed by atoms with Gasteiger partial charge in [0, 0.05) is 19.1 Å². The van der Waals surface area contributed by atoms with Crippen molar-refractivity contribution in [3.8, 4) is 0 Å². The number of likely N-dealkylation sites (tertiary alicyclic amines) is 1. The summed E-state index contributed by atoms with van der Waals surface area (Å²) < 4.78 is 12.8. The number of nitrogens with one attached hydrogen (secondary N) is 1. The van der Waals surface area contributed by atoms with E-state index in [1.165, 1.54) is 0 Å². The van der Waals surface area contributed by atoms with Gasteiger partial charge >= 0.3 is 7.60 Å². The van der Waals surface area contributed by atoms with Crippen molar-refractivity contribution in [1.82, 2.24) is 24.4 Å². The first-order valence-corrected chi connectivity index (χ1v) is 9.12. The summed E-state index contributed by atoms with van der Waals surface area (Å²) in [5.74, 6) is 0.0361. The number of nitrogens with zero attached hydrogens (tertiary/aromatic N) is 4. The molecule has 11 heteroatoms. The summed E-state index contributed by atoms with van der Waals surface area (Å²) >= 11 is 0. The average Bonchev–Trinajstić information content (AvgIpc) is 3.04. The van der Waals surface area contributed by atoms with Gasteiger partial charge in [0.05, 0.1) is 12.5 Å². The van der Waals surface area contributed by atoms with Crippen LogP contribution in [0.25, 0.3) is 11.2 Å². The summed E-state index contributed by atoms with van der Waals surface area (Å²) in [5.41, 5.74) is 5.86. The molecular weight excluding hydrogens is 323 g/mol. The highest BCUT2D eigenvalue weighted by atomic mass is 31.2. The van der Waals surface area contributed by atoms with Gasteiger partial charge in [-0.1, -0.05) is 0 Å². The van der Waals surface area contributed by atoms with Crippen molar-refractivity contribution in [2.75, 3.05) is 25.0 Å². The first kappa shape index (κ1) is 16.1. The molecule has 1 atom stereocenters. The molecule has 2 aromatic heterocycles. The molecule has 0 radical (unpaired) electrons. The number of aromatic amines is 1. The van der Waals surface area contributed by atoms with Crippen molar-refractivity contribution in [1.29, 1.82) is 0 Å². The predicted octanol–water partition coefficient (Wildman–Crippen LogP) is -0.656. The van der Waals surface area contributed by atoms with E-state index in [2.05, 4.69) is 19.9 Å². The van der Waals surface area contributed by atoms with Gasteiger partial charge in [-0.2, -0.15) is 4.98 Å². The Hall–Kier alpha value is -1.74. The number of hydrogen-bond acceptors (Lipinski definition) is 6. The molecule has 3 rings (SSSR count). The fraction of sp³-hybridized carbons (Fsp3) is 0.583. The second-order valence-electron chi connectivity index (χ2n) is 5.74. The Labute approximate surface area is 131 Å². The zero-order valence-electron chi connectivity index (χ0n) is 12.4. The number of nitrogen functional groups attached to an aromatic ring is 1. The number of hydrogen-bond donors (Lipinski definition) is 4. The Balaban J connectivity index is 1.78. The molecule has 1 aliphatic heterocycles. The van der Waals surface area contributed by atoms with Gasteiger partial charge in [-0.05, 0) is 19.4 Å². The van der Waals surface area contributed by atoms with Gasteiger partial charge in [0.2, 0.25) is 5.95 Å². The maximum absolute atomic E-state index is 11.8. The molecule has 10 nitrogen and oxygen atoms in total. The first-order chi connectivity index (χ1) is 10.8. The van der Waals surface area contributed by atoms with E-state index >= 15 is 0 Å². The number of aromatic nitrogens is 4. The standard InChI is InChI=1S/C12H19N6O4P/c13-12-15-10-9(11(19)16-12)14-7-18(10)6-8-2-1-3-17(8)4-5-23(20,21)22/h7-8H,1-6H2,(H2,20,21,22)(H3,13,15,16,19)/t8-/m0/s1. The molecule has 0 aliphatic carbocycles. The Kier molecular flexibility index (Phi) is 4.24. The number of rotatable bonds is 5. The summed E-state index contributed by atoms with van der Waals surface area (Å²) in [6, 6.07) is 0.126. The molecule has 0 amide bonds. The van der Waals surface area contributed by atoms with Crippen molar-refractivity contribution in [3.05, 3.63) is 16.7 Å². The highest BCUT2D eigenvalue weighted by Crippen LogP contribution is 2.34. The molecule has 23 heavy (non-hydrogen) atoms. The summed E-state index contributed by atoms with van der Waals surface area (Å²) in [6.45, 7) is 1.69. The molecule has 126 valence electrons. The van der Waals surface area contributed by atoms with Crippen molar-refractivity contribution in [3.63, 3.8) is 0 Å². The van der Waals surface area contributed by atoms with E-state index in [-0.39, 0.29) is 29.2 Å². The van der Waals surface area contributed by atoms with Crippen LogP contribution in [0.1, 0.15) is 12.8 Å². The van der Waals surface area contributed by atoms with E-state index in [9.17, 15) is 9.36 Å². The monoisotopic (exact) mass is 342 g/mol. The van der Waals surface area contributed by atoms with Crippen molar-refractivity contribution >= 4 is 24.7 Å². The van der Waals surface area contributed by atoms with Crippen LogP contribution < -0.4 is 11.3 Å². The summed E-state index contributed by atoms with van der Waals surface area (Å²) in [7, 11) is -4.00. The Morgan fingerprint density at radius 3 is 3.00 bits per heavy atom. The number of imidazole rings is 1.